The van der Waals surface area contributed by atoms with E-state index < -0.39 is 0 Å². The Bertz CT molecular complexity index is 652. The summed E-state index contributed by atoms with van der Waals surface area (Å²) in [5, 5.41) is 2.37. The van der Waals surface area contributed by atoms with Gasteiger partial charge in [0.15, 0.2) is 0 Å². The molecular formula is C13H9BrKN. The van der Waals surface area contributed by atoms with Crippen molar-refractivity contribution in [3.8, 4) is 0 Å². The summed E-state index contributed by atoms with van der Waals surface area (Å²) in [6.07, 6.45) is 0. The van der Waals surface area contributed by atoms with Gasteiger partial charge in [-0.25, -0.2) is 4.98 Å². The summed E-state index contributed by atoms with van der Waals surface area (Å²) in [5.74, 6) is 0. The van der Waals surface area contributed by atoms with Crippen molar-refractivity contribution in [1.29, 1.82) is 0 Å². The van der Waals surface area contributed by atoms with Crippen LogP contribution in [0.15, 0.2) is 53.0 Å². The van der Waals surface area contributed by atoms with E-state index in [1.165, 1.54) is 10.8 Å². The van der Waals surface area contributed by atoms with E-state index in [9.17, 15) is 0 Å². The SMILES string of the molecule is Brc1ccc2cc3ccccc3nc2c1.[KH]. The molecule has 3 heteroatoms. The van der Waals surface area contributed by atoms with Crippen molar-refractivity contribution in [2.75, 3.05) is 0 Å². The van der Waals surface area contributed by atoms with Crippen LogP contribution in [0.3, 0.4) is 0 Å². The van der Waals surface area contributed by atoms with Crippen LogP contribution in [0, 0.1) is 0 Å². The number of para-hydroxylation sites is 1. The number of fused-ring (bicyclic) bond motifs is 2. The van der Waals surface area contributed by atoms with Crippen LogP contribution in [0.25, 0.3) is 21.8 Å². The van der Waals surface area contributed by atoms with Crippen LogP contribution in [0.2, 0.25) is 0 Å². The van der Waals surface area contributed by atoms with E-state index in [1.54, 1.807) is 0 Å². The molecule has 0 bridgehead atoms. The van der Waals surface area contributed by atoms with Crippen molar-refractivity contribution in [3.63, 3.8) is 0 Å². The number of pyridine rings is 1. The molecule has 0 aliphatic rings. The Hall–Kier alpha value is 0.226. The molecule has 1 heterocycles. The number of benzene rings is 2. The normalized spacial score (nSPS) is 10.3. The summed E-state index contributed by atoms with van der Waals surface area (Å²) in [6, 6.07) is 16.5. The number of hydrogen-bond donors (Lipinski definition) is 0. The first-order valence-electron chi connectivity index (χ1n) is 4.78. The van der Waals surface area contributed by atoms with Crippen molar-refractivity contribution in [3.05, 3.63) is 53.0 Å². The van der Waals surface area contributed by atoms with Crippen LogP contribution < -0.4 is 0 Å². The van der Waals surface area contributed by atoms with Crippen LogP contribution >= 0.6 is 15.9 Å². The Labute approximate surface area is 145 Å². The molecule has 2 aromatic carbocycles. The Kier molecular flexibility index (Phi) is 4.16. The van der Waals surface area contributed by atoms with E-state index >= 15 is 0 Å². The van der Waals surface area contributed by atoms with Gasteiger partial charge in [-0.15, -0.1) is 0 Å². The summed E-state index contributed by atoms with van der Waals surface area (Å²) in [4.78, 5) is 4.61. The van der Waals surface area contributed by atoms with E-state index in [2.05, 4.69) is 39.1 Å². The quantitative estimate of drug-likeness (QED) is 0.457. The Balaban J connectivity index is 0.000000963. The van der Waals surface area contributed by atoms with Crippen LogP contribution in [0.1, 0.15) is 0 Å². The average Bonchev–Trinajstić information content (AvgIpc) is 2.26. The topological polar surface area (TPSA) is 12.9 Å². The van der Waals surface area contributed by atoms with Gasteiger partial charge in [-0.1, -0.05) is 40.2 Å². The fourth-order valence-corrected chi connectivity index (χ4v) is 2.09. The second-order valence-electron chi connectivity index (χ2n) is 3.52. The average molecular weight is 298 g/mol. The second kappa shape index (κ2) is 5.25. The Morgan fingerprint density at radius 3 is 2.44 bits per heavy atom. The zero-order valence-electron chi connectivity index (χ0n) is 7.94. The van der Waals surface area contributed by atoms with Crippen LogP contribution in [-0.4, -0.2) is 56.4 Å². The number of halogens is 1. The molecule has 0 radical (unpaired) electrons. The number of hydrogen-bond acceptors (Lipinski definition) is 1. The van der Waals surface area contributed by atoms with Crippen LogP contribution in [0.4, 0.5) is 0 Å². The number of nitrogens with zero attached hydrogens (tertiary/aromatic N) is 1. The van der Waals surface area contributed by atoms with Gasteiger partial charge in [-0.2, -0.15) is 0 Å². The van der Waals surface area contributed by atoms with Gasteiger partial charge >= 0.3 is 51.4 Å². The van der Waals surface area contributed by atoms with Crippen molar-refractivity contribution in [2.45, 2.75) is 0 Å². The number of aromatic nitrogens is 1. The maximum absolute atomic E-state index is 4.61. The van der Waals surface area contributed by atoms with Gasteiger partial charge in [0.25, 0.3) is 0 Å². The van der Waals surface area contributed by atoms with E-state index in [0.717, 1.165) is 15.5 Å². The fraction of sp³-hybridized carbons (Fsp3) is 0. The molecule has 0 aliphatic carbocycles. The first-order valence-corrected chi connectivity index (χ1v) is 5.57. The molecule has 0 atom stereocenters. The molecule has 0 unspecified atom stereocenters. The minimum atomic E-state index is 0. The van der Waals surface area contributed by atoms with Crippen LogP contribution in [-0.2, 0) is 0 Å². The molecule has 1 nitrogen and oxygen atoms in total. The molecule has 1 aromatic heterocycles. The van der Waals surface area contributed by atoms with Gasteiger partial charge < -0.3 is 0 Å². The summed E-state index contributed by atoms with van der Waals surface area (Å²) >= 11 is 3.46. The molecule has 0 saturated heterocycles. The summed E-state index contributed by atoms with van der Waals surface area (Å²) in [6.45, 7) is 0. The third-order valence-electron chi connectivity index (χ3n) is 2.48. The van der Waals surface area contributed by atoms with E-state index in [4.69, 9.17) is 0 Å². The van der Waals surface area contributed by atoms with Crippen molar-refractivity contribution < 1.29 is 0 Å². The third kappa shape index (κ3) is 2.40. The van der Waals surface area contributed by atoms with Gasteiger partial charge in [0, 0.05) is 15.2 Å². The Morgan fingerprint density at radius 2 is 1.56 bits per heavy atom. The molecule has 3 aromatic rings. The van der Waals surface area contributed by atoms with Crippen LogP contribution in [0.5, 0.6) is 0 Å². The van der Waals surface area contributed by atoms with E-state index in [1.807, 2.05) is 30.3 Å². The van der Waals surface area contributed by atoms with Gasteiger partial charge in [0.1, 0.15) is 0 Å². The van der Waals surface area contributed by atoms with E-state index in [-0.39, 0.29) is 51.4 Å². The number of rotatable bonds is 0. The summed E-state index contributed by atoms with van der Waals surface area (Å²) in [5.41, 5.74) is 2.08. The Morgan fingerprint density at radius 1 is 0.812 bits per heavy atom. The molecule has 0 N–H and O–H groups in total. The van der Waals surface area contributed by atoms with Gasteiger partial charge in [0.2, 0.25) is 0 Å². The molecule has 0 aliphatic heterocycles. The molecule has 0 amide bonds. The predicted molar refractivity (Wildman–Crippen MR) is 74.1 cm³/mol. The zero-order chi connectivity index (χ0) is 10.3. The minimum absolute atomic E-state index is 0. The fourth-order valence-electron chi connectivity index (χ4n) is 1.74. The maximum atomic E-state index is 4.61. The monoisotopic (exact) mass is 297 g/mol. The van der Waals surface area contributed by atoms with Crippen molar-refractivity contribution >= 4 is 89.1 Å². The molecular weight excluding hydrogens is 289 g/mol. The summed E-state index contributed by atoms with van der Waals surface area (Å²) < 4.78 is 1.07. The first-order chi connectivity index (χ1) is 7.33. The molecule has 0 saturated carbocycles. The van der Waals surface area contributed by atoms with Gasteiger partial charge in [0.05, 0.1) is 11.0 Å². The van der Waals surface area contributed by atoms with Crippen molar-refractivity contribution in [2.24, 2.45) is 0 Å². The van der Waals surface area contributed by atoms with Gasteiger partial charge in [-0.3, -0.25) is 0 Å². The molecule has 74 valence electrons. The third-order valence-corrected chi connectivity index (χ3v) is 2.97. The molecule has 3 rings (SSSR count). The molecule has 16 heavy (non-hydrogen) atoms. The second-order valence-corrected chi connectivity index (χ2v) is 4.43. The first kappa shape index (κ1) is 12.7. The predicted octanol–water partition coefficient (Wildman–Crippen LogP) is 3.50. The molecule has 0 fully saturated rings. The summed E-state index contributed by atoms with van der Waals surface area (Å²) in [7, 11) is 0. The zero-order valence-corrected chi connectivity index (χ0v) is 9.53. The van der Waals surface area contributed by atoms with Gasteiger partial charge in [-0.05, 0) is 24.3 Å². The standard InChI is InChI=1S/C13H8BrN.K.H/c14-11-6-5-10-7-9-3-1-2-4-12(9)15-13(10)8-11;;/h1-8H;;. The molecule has 0 spiro atoms. The van der Waals surface area contributed by atoms with Crippen molar-refractivity contribution in [1.82, 2.24) is 4.98 Å². The van der Waals surface area contributed by atoms with E-state index in [0.29, 0.717) is 0 Å².